The molecule has 2 rings (SSSR count). The summed E-state index contributed by atoms with van der Waals surface area (Å²) in [5.41, 5.74) is 6.50. The Balaban J connectivity index is 0.00000578. The van der Waals surface area contributed by atoms with E-state index in [0.717, 1.165) is 31.2 Å². The van der Waals surface area contributed by atoms with Crippen molar-refractivity contribution in [1.82, 2.24) is 0 Å². The van der Waals surface area contributed by atoms with Gasteiger partial charge in [-0.05, 0) is 76.1 Å². The summed E-state index contributed by atoms with van der Waals surface area (Å²) in [6, 6.07) is 6.83. The molecule has 0 heterocycles. The quantitative estimate of drug-likeness (QED) is 0.211. The first-order valence-corrected chi connectivity index (χ1v) is 11.4. The molecule has 0 aliphatic heterocycles. The van der Waals surface area contributed by atoms with Gasteiger partial charge in [0.05, 0.1) is 19.1 Å². The molecular weight excluding hydrogens is 466 g/mol. The third kappa shape index (κ3) is 9.30. The number of aryl methyl sites for hydroxylation is 1. The molecule has 0 amide bonds. The molecule has 1 aliphatic rings. The molecule has 1 aromatic rings. The van der Waals surface area contributed by atoms with Crippen molar-refractivity contribution in [2.45, 2.75) is 58.5 Å². The maximum atomic E-state index is 12.4. The van der Waals surface area contributed by atoms with Gasteiger partial charge < -0.3 is 24.7 Å². The normalized spacial score (nSPS) is 17.3. The monoisotopic (exact) mass is 499 g/mol. The van der Waals surface area contributed by atoms with E-state index in [9.17, 15) is 19.2 Å². The Morgan fingerprint density at radius 2 is 1.50 bits per heavy atom. The minimum absolute atomic E-state index is 0. The van der Waals surface area contributed by atoms with E-state index >= 15 is 0 Å². The summed E-state index contributed by atoms with van der Waals surface area (Å²) < 4.78 is 20.0. The summed E-state index contributed by atoms with van der Waals surface area (Å²) in [5.74, 6) is -2.06. The van der Waals surface area contributed by atoms with Crippen molar-refractivity contribution in [3.05, 3.63) is 29.8 Å². The average Bonchev–Trinajstić information content (AvgIpc) is 2.82. The Morgan fingerprint density at radius 1 is 0.941 bits per heavy atom. The zero-order chi connectivity index (χ0) is 24.2. The average molecular weight is 500 g/mol. The molecule has 0 saturated heterocycles. The van der Waals surface area contributed by atoms with Gasteiger partial charge in [-0.25, -0.2) is 9.59 Å². The third-order valence-electron chi connectivity index (χ3n) is 5.52. The molecule has 34 heavy (non-hydrogen) atoms. The van der Waals surface area contributed by atoms with Crippen molar-refractivity contribution in [3.8, 4) is 5.75 Å². The van der Waals surface area contributed by atoms with Crippen molar-refractivity contribution in [3.63, 3.8) is 0 Å². The second kappa shape index (κ2) is 15.3. The van der Waals surface area contributed by atoms with Crippen LogP contribution >= 0.6 is 12.4 Å². The van der Waals surface area contributed by atoms with E-state index in [0.29, 0.717) is 24.6 Å². The first kappa shape index (κ1) is 29.4. The predicted octanol–water partition coefficient (Wildman–Crippen LogP) is 2.75. The summed E-state index contributed by atoms with van der Waals surface area (Å²) in [6.45, 7) is 3.89. The number of esters is 4. The zero-order valence-electron chi connectivity index (χ0n) is 19.7. The minimum Gasteiger partial charge on any atom is -0.463 e. The number of benzene rings is 1. The Labute approximate surface area is 206 Å². The Bertz CT molecular complexity index is 788. The molecular formula is C24H34ClNO8. The summed E-state index contributed by atoms with van der Waals surface area (Å²) >= 11 is 0. The van der Waals surface area contributed by atoms with E-state index in [1.54, 1.807) is 38.1 Å². The van der Waals surface area contributed by atoms with Crippen molar-refractivity contribution in [2.75, 3.05) is 19.8 Å². The highest BCUT2D eigenvalue weighted by Crippen LogP contribution is 2.29. The van der Waals surface area contributed by atoms with Crippen LogP contribution in [0, 0.1) is 11.8 Å². The van der Waals surface area contributed by atoms with Crippen LogP contribution in [0.5, 0.6) is 5.75 Å². The molecule has 10 heteroatoms. The molecule has 0 bridgehead atoms. The molecule has 0 radical (unpaired) electrons. The fourth-order valence-electron chi connectivity index (χ4n) is 3.62. The van der Waals surface area contributed by atoms with E-state index in [4.69, 9.17) is 24.7 Å². The molecule has 190 valence electrons. The second-order valence-corrected chi connectivity index (χ2v) is 7.89. The van der Waals surface area contributed by atoms with E-state index in [-0.39, 0.29) is 43.9 Å². The van der Waals surface area contributed by atoms with Crippen LogP contribution in [-0.4, -0.2) is 49.7 Å². The third-order valence-corrected chi connectivity index (χ3v) is 5.52. The Kier molecular flexibility index (Phi) is 13.2. The summed E-state index contributed by atoms with van der Waals surface area (Å²) in [7, 11) is 0. The van der Waals surface area contributed by atoms with Crippen molar-refractivity contribution in [1.29, 1.82) is 0 Å². The van der Waals surface area contributed by atoms with Crippen LogP contribution < -0.4 is 10.5 Å². The number of hydrogen-bond donors (Lipinski definition) is 1. The van der Waals surface area contributed by atoms with Crippen molar-refractivity contribution in [2.24, 2.45) is 17.6 Å². The lowest BCUT2D eigenvalue weighted by Crippen LogP contribution is -2.38. The molecule has 2 N–H and O–H groups in total. The number of carbonyl (C=O) groups is 4. The summed E-state index contributed by atoms with van der Waals surface area (Å²) in [5, 5.41) is 0. The van der Waals surface area contributed by atoms with Gasteiger partial charge in [0, 0.05) is 6.42 Å². The van der Waals surface area contributed by atoms with E-state index in [1.807, 2.05) is 0 Å². The molecule has 9 nitrogen and oxygen atoms in total. The molecule has 0 unspecified atom stereocenters. The topological polar surface area (TPSA) is 131 Å². The molecule has 0 atom stereocenters. The Hall–Kier alpha value is -2.65. The molecule has 1 fully saturated rings. The highest BCUT2D eigenvalue weighted by atomic mass is 35.5. The van der Waals surface area contributed by atoms with Crippen LogP contribution in [0.2, 0.25) is 0 Å². The van der Waals surface area contributed by atoms with Crippen LogP contribution in [-0.2, 0) is 39.8 Å². The highest BCUT2D eigenvalue weighted by molar-refractivity contribution is 5.99. The number of hydrogen-bond acceptors (Lipinski definition) is 9. The van der Waals surface area contributed by atoms with E-state index < -0.39 is 24.0 Å². The number of rotatable bonds is 11. The lowest BCUT2D eigenvalue weighted by atomic mass is 9.82. The van der Waals surface area contributed by atoms with Gasteiger partial charge in [-0.3, -0.25) is 9.59 Å². The van der Waals surface area contributed by atoms with E-state index in [1.165, 1.54) is 0 Å². The van der Waals surface area contributed by atoms with Crippen LogP contribution in [0.15, 0.2) is 24.3 Å². The molecule has 0 aromatic heterocycles. The van der Waals surface area contributed by atoms with Gasteiger partial charge in [0.2, 0.25) is 0 Å². The van der Waals surface area contributed by atoms with Gasteiger partial charge in [-0.2, -0.15) is 0 Å². The van der Waals surface area contributed by atoms with Crippen LogP contribution in [0.25, 0.3) is 0 Å². The summed E-state index contributed by atoms with van der Waals surface area (Å²) in [6.07, 6.45) is 1.99. The fourth-order valence-corrected chi connectivity index (χ4v) is 3.62. The van der Waals surface area contributed by atoms with Gasteiger partial charge in [0.1, 0.15) is 5.75 Å². The molecule has 1 aromatic carbocycles. The van der Waals surface area contributed by atoms with Crippen LogP contribution in [0.4, 0.5) is 0 Å². The van der Waals surface area contributed by atoms with Crippen LogP contribution in [0.3, 0.4) is 0 Å². The molecule has 1 aliphatic carbocycles. The molecule has 0 spiro atoms. The summed E-state index contributed by atoms with van der Waals surface area (Å²) in [4.78, 5) is 48.3. The van der Waals surface area contributed by atoms with Crippen molar-refractivity contribution >= 4 is 36.3 Å². The van der Waals surface area contributed by atoms with Gasteiger partial charge >= 0.3 is 23.9 Å². The highest BCUT2D eigenvalue weighted by Gasteiger charge is 2.33. The lowest BCUT2D eigenvalue weighted by Gasteiger charge is -2.26. The first-order chi connectivity index (χ1) is 15.9. The second-order valence-electron chi connectivity index (χ2n) is 7.89. The first-order valence-electron chi connectivity index (χ1n) is 11.4. The fraction of sp³-hybridized carbons (Fsp3) is 0.583. The number of nitrogens with two attached hydrogens (primary N) is 1. The standard InChI is InChI=1S/C24H33NO8.ClH/c1-3-30-23(28)21(24(29)31-4-2)33-20(26)14-9-16-7-12-19(13-8-16)32-22(27)18-10-5-17(15-25)6-11-18;/h7-8,12-13,17-18,21H,3-6,9-11,14-15,25H2,1-2H3;1H/t17-,18-;. The number of halogens is 1. The van der Waals surface area contributed by atoms with Gasteiger partial charge in [-0.15, -0.1) is 12.4 Å². The van der Waals surface area contributed by atoms with Gasteiger partial charge in [0.25, 0.3) is 6.10 Å². The predicted molar refractivity (Wildman–Crippen MR) is 125 cm³/mol. The largest absolute Gasteiger partial charge is 0.463 e. The maximum absolute atomic E-state index is 12.4. The van der Waals surface area contributed by atoms with Crippen molar-refractivity contribution < 1.29 is 38.1 Å². The van der Waals surface area contributed by atoms with Gasteiger partial charge in [0.15, 0.2) is 0 Å². The number of ether oxygens (including phenoxy) is 4. The molecule has 1 saturated carbocycles. The number of carbonyl (C=O) groups excluding carboxylic acids is 4. The van der Waals surface area contributed by atoms with Crippen LogP contribution in [0.1, 0.15) is 51.5 Å². The minimum atomic E-state index is -1.74. The maximum Gasteiger partial charge on any atom is 0.359 e. The Morgan fingerprint density at radius 3 is 2.00 bits per heavy atom. The lowest BCUT2D eigenvalue weighted by molar-refractivity contribution is -0.180. The van der Waals surface area contributed by atoms with E-state index in [2.05, 4.69) is 0 Å². The zero-order valence-corrected chi connectivity index (χ0v) is 20.5. The SMILES string of the molecule is CCOC(=O)C(OC(=O)CCc1ccc(OC(=O)[C@H]2CC[C@H](CN)CC2)cc1)C(=O)OCC.Cl. The smallest absolute Gasteiger partial charge is 0.359 e. The van der Waals surface area contributed by atoms with Gasteiger partial charge in [-0.1, -0.05) is 12.1 Å².